The number of rotatable bonds is 1. The van der Waals surface area contributed by atoms with Crippen molar-refractivity contribution in [2.24, 2.45) is 0 Å². The van der Waals surface area contributed by atoms with Gasteiger partial charge in [0.05, 0.1) is 0 Å². The number of aryl methyl sites for hydroxylation is 1. The molecule has 0 aromatic heterocycles. The largest absolute Gasteiger partial charge is 0.374 e. The summed E-state index contributed by atoms with van der Waals surface area (Å²) in [5, 5.41) is 0. The van der Waals surface area contributed by atoms with Gasteiger partial charge in [0.15, 0.2) is 0 Å². The Bertz CT molecular complexity index is 554. The van der Waals surface area contributed by atoms with Gasteiger partial charge >= 0.3 is 0 Å². The lowest BCUT2D eigenvalue weighted by molar-refractivity contribution is 0.746. The standard InChI is InChI=1S/C17H19N/c1-13-8-10-14(11-9-13)15-5-3-7-17-16(15)6-4-12-18(17)2/h3,5,7-11H,4,6,12H2,1-2H3. The van der Waals surface area contributed by atoms with Gasteiger partial charge in [0.25, 0.3) is 0 Å². The maximum absolute atomic E-state index is 2.37. The minimum Gasteiger partial charge on any atom is -0.374 e. The van der Waals surface area contributed by atoms with E-state index in [1.807, 2.05) is 0 Å². The van der Waals surface area contributed by atoms with E-state index in [0.717, 1.165) is 0 Å². The van der Waals surface area contributed by atoms with Crippen molar-refractivity contribution in [1.82, 2.24) is 0 Å². The van der Waals surface area contributed by atoms with Crippen molar-refractivity contribution in [2.45, 2.75) is 19.8 Å². The summed E-state index contributed by atoms with van der Waals surface area (Å²) in [6, 6.07) is 15.5. The molecule has 1 heterocycles. The summed E-state index contributed by atoms with van der Waals surface area (Å²) < 4.78 is 0. The van der Waals surface area contributed by atoms with Crippen LogP contribution in [0, 0.1) is 6.92 Å². The number of fused-ring (bicyclic) bond motifs is 1. The first-order chi connectivity index (χ1) is 8.75. The summed E-state index contributed by atoms with van der Waals surface area (Å²) in [5.74, 6) is 0. The van der Waals surface area contributed by atoms with Crippen LogP contribution in [0.1, 0.15) is 17.5 Å². The predicted octanol–water partition coefficient (Wildman–Crippen LogP) is 4.04. The highest BCUT2D eigenvalue weighted by Gasteiger charge is 2.16. The SMILES string of the molecule is Cc1ccc(-c2cccc3c2CCCN3C)cc1. The highest BCUT2D eigenvalue weighted by atomic mass is 15.1. The maximum Gasteiger partial charge on any atom is 0.0402 e. The van der Waals surface area contributed by atoms with E-state index in [-0.39, 0.29) is 0 Å². The van der Waals surface area contributed by atoms with Crippen LogP contribution < -0.4 is 4.90 Å². The van der Waals surface area contributed by atoms with Crippen LogP contribution in [0.4, 0.5) is 5.69 Å². The summed E-state index contributed by atoms with van der Waals surface area (Å²) in [7, 11) is 2.19. The monoisotopic (exact) mass is 237 g/mol. The van der Waals surface area contributed by atoms with Gasteiger partial charge < -0.3 is 4.90 Å². The molecule has 2 aromatic rings. The van der Waals surface area contributed by atoms with E-state index in [1.165, 1.54) is 47.3 Å². The van der Waals surface area contributed by atoms with Crippen molar-refractivity contribution < 1.29 is 0 Å². The average Bonchev–Trinajstić information content (AvgIpc) is 2.40. The van der Waals surface area contributed by atoms with Gasteiger partial charge in [0, 0.05) is 19.3 Å². The van der Waals surface area contributed by atoms with E-state index in [4.69, 9.17) is 0 Å². The first-order valence-corrected chi connectivity index (χ1v) is 6.66. The van der Waals surface area contributed by atoms with Gasteiger partial charge in [-0.2, -0.15) is 0 Å². The number of hydrogen-bond acceptors (Lipinski definition) is 1. The van der Waals surface area contributed by atoms with Crippen molar-refractivity contribution in [3.63, 3.8) is 0 Å². The quantitative estimate of drug-likeness (QED) is 0.723. The highest BCUT2D eigenvalue weighted by molar-refractivity contribution is 5.75. The van der Waals surface area contributed by atoms with E-state index < -0.39 is 0 Å². The Labute approximate surface area is 109 Å². The lowest BCUT2D eigenvalue weighted by Crippen LogP contribution is -2.24. The van der Waals surface area contributed by atoms with Gasteiger partial charge in [-0.1, -0.05) is 42.0 Å². The van der Waals surface area contributed by atoms with Crippen molar-refractivity contribution >= 4 is 5.69 Å². The smallest absolute Gasteiger partial charge is 0.0402 e. The molecule has 1 aliphatic rings. The fourth-order valence-corrected chi connectivity index (χ4v) is 2.81. The Morgan fingerprint density at radius 2 is 1.78 bits per heavy atom. The number of nitrogens with zero attached hydrogens (tertiary/aromatic N) is 1. The summed E-state index contributed by atoms with van der Waals surface area (Å²) in [4.78, 5) is 2.37. The number of anilines is 1. The van der Waals surface area contributed by atoms with E-state index in [1.54, 1.807) is 0 Å². The van der Waals surface area contributed by atoms with Crippen molar-refractivity contribution in [3.8, 4) is 11.1 Å². The van der Waals surface area contributed by atoms with Crippen LogP contribution >= 0.6 is 0 Å². The lowest BCUT2D eigenvalue weighted by atomic mass is 9.92. The fourth-order valence-electron chi connectivity index (χ4n) is 2.81. The molecule has 0 amide bonds. The summed E-state index contributed by atoms with van der Waals surface area (Å²) in [6.07, 6.45) is 2.45. The van der Waals surface area contributed by atoms with Crippen molar-refractivity contribution in [1.29, 1.82) is 0 Å². The maximum atomic E-state index is 2.37. The van der Waals surface area contributed by atoms with Gasteiger partial charge in [-0.3, -0.25) is 0 Å². The molecule has 92 valence electrons. The fraction of sp³-hybridized carbons (Fsp3) is 0.294. The molecule has 0 saturated heterocycles. The van der Waals surface area contributed by atoms with Crippen molar-refractivity contribution in [3.05, 3.63) is 53.6 Å². The zero-order chi connectivity index (χ0) is 12.5. The number of benzene rings is 2. The van der Waals surface area contributed by atoms with Crippen LogP contribution in [0.15, 0.2) is 42.5 Å². The third kappa shape index (κ3) is 1.90. The molecule has 0 saturated carbocycles. The molecule has 2 aromatic carbocycles. The molecule has 0 spiro atoms. The van der Waals surface area contributed by atoms with Crippen LogP contribution in [-0.4, -0.2) is 13.6 Å². The molecule has 3 rings (SSSR count). The van der Waals surface area contributed by atoms with E-state index in [2.05, 4.69) is 61.3 Å². The Kier molecular flexibility index (Phi) is 2.83. The Morgan fingerprint density at radius 1 is 1.00 bits per heavy atom. The molecule has 0 fully saturated rings. The summed E-state index contributed by atoms with van der Waals surface area (Å²) in [6.45, 7) is 3.31. The van der Waals surface area contributed by atoms with Crippen LogP contribution in [0.3, 0.4) is 0 Å². The summed E-state index contributed by atoms with van der Waals surface area (Å²) >= 11 is 0. The van der Waals surface area contributed by atoms with Crippen LogP contribution in [-0.2, 0) is 6.42 Å². The molecule has 18 heavy (non-hydrogen) atoms. The predicted molar refractivity (Wildman–Crippen MR) is 78.2 cm³/mol. The first-order valence-electron chi connectivity index (χ1n) is 6.66. The second-order valence-electron chi connectivity index (χ2n) is 5.19. The molecular weight excluding hydrogens is 218 g/mol. The molecular formula is C17H19N. The molecule has 0 bridgehead atoms. The van der Waals surface area contributed by atoms with Gasteiger partial charge in [0.1, 0.15) is 0 Å². The normalized spacial score (nSPS) is 14.4. The Morgan fingerprint density at radius 3 is 2.56 bits per heavy atom. The molecule has 0 aliphatic carbocycles. The molecule has 1 nitrogen and oxygen atoms in total. The molecule has 1 heteroatoms. The van der Waals surface area contributed by atoms with Gasteiger partial charge in [0.2, 0.25) is 0 Å². The molecule has 0 unspecified atom stereocenters. The van der Waals surface area contributed by atoms with Crippen LogP contribution in [0.25, 0.3) is 11.1 Å². The third-order valence-corrected chi connectivity index (χ3v) is 3.85. The second-order valence-corrected chi connectivity index (χ2v) is 5.19. The van der Waals surface area contributed by atoms with Crippen LogP contribution in [0.5, 0.6) is 0 Å². The number of hydrogen-bond donors (Lipinski definition) is 0. The first kappa shape index (κ1) is 11.3. The Hall–Kier alpha value is -1.76. The van der Waals surface area contributed by atoms with Gasteiger partial charge in [-0.15, -0.1) is 0 Å². The average molecular weight is 237 g/mol. The van der Waals surface area contributed by atoms with Gasteiger partial charge in [-0.05, 0) is 42.5 Å². The van der Waals surface area contributed by atoms with E-state index >= 15 is 0 Å². The molecule has 0 atom stereocenters. The second kappa shape index (κ2) is 4.49. The summed E-state index contributed by atoms with van der Waals surface area (Å²) in [5.41, 5.74) is 6.97. The van der Waals surface area contributed by atoms with Crippen molar-refractivity contribution in [2.75, 3.05) is 18.5 Å². The van der Waals surface area contributed by atoms with Gasteiger partial charge in [-0.25, -0.2) is 0 Å². The highest BCUT2D eigenvalue weighted by Crippen LogP contribution is 2.34. The minimum absolute atomic E-state index is 1.17. The molecule has 0 radical (unpaired) electrons. The topological polar surface area (TPSA) is 3.24 Å². The van der Waals surface area contributed by atoms with Crippen LogP contribution in [0.2, 0.25) is 0 Å². The van der Waals surface area contributed by atoms with E-state index in [0.29, 0.717) is 0 Å². The zero-order valence-electron chi connectivity index (χ0n) is 11.1. The lowest BCUT2D eigenvalue weighted by Gasteiger charge is -2.29. The molecule has 0 N–H and O–H groups in total. The minimum atomic E-state index is 1.17. The Balaban J connectivity index is 2.12. The van der Waals surface area contributed by atoms with E-state index in [9.17, 15) is 0 Å². The third-order valence-electron chi connectivity index (χ3n) is 3.85. The zero-order valence-corrected chi connectivity index (χ0v) is 11.1. The molecule has 1 aliphatic heterocycles.